The summed E-state index contributed by atoms with van der Waals surface area (Å²) in [7, 11) is 0. The van der Waals surface area contributed by atoms with Crippen LogP contribution in [0.15, 0.2) is 54.6 Å². The molecule has 0 N–H and O–H groups in total. The third-order valence-corrected chi connectivity index (χ3v) is 4.41. The van der Waals surface area contributed by atoms with Crippen molar-refractivity contribution in [1.29, 1.82) is 0 Å². The summed E-state index contributed by atoms with van der Waals surface area (Å²) in [5, 5.41) is 11.5. The van der Waals surface area contributed by atoms with E-state index in [1.165, 1.54) is 23.1 Å². The van der Waals surface area contributed by atoms with Crippen LogP contribution in [0.4, 0.5) is 4.39 Å². The number of amides is 1. The fourth-order valence-electron chi connectivity index (χ4n) is 3.17. The van der Waals surface area contributed by atoms with Crippen molar-refractivity contribution >= 4 is 5.91 Å². The quantitative estimate of drug-likeness (QED) is 0.640. The average molecular weight is 328 g/mol. The predicted octanol–water partition coefficient (Wildman–Crippen LogP) is 2.99. The van der Waals surface area contributed by atoms with E-state index in [1.807, 2.05) is 30.3 Å². The molecule has 0 aromatic heterocycles. The molecule has 1 saturated heterocycles. The monoisotopic (exact) mass is 328 g/mol. The smallest absolute Gasteiger partial charge is 0.237 e. The van der Waals surface area contributed by atoms with E-state index in [2.05, 4.69) is 0 Å². The van der Waals surface area contributed by atoms with Gasteiger partial charge in [0.15, 0.2) is 0 Å². The second-order valence-corrected chi connectivity index (χ2v) is 5.94. The van der Waals surface area contributed by atoms with Crippen molar-refractivity contribution in [2.45, 2.75) is 24.9 Å². The molecule has 24 heavy (non-hydrogen) atoms. The lowest BCUT2D eigenvalue weighted by molar-refractivity contribution is -0.528. The molecule has 2 aromatic carbocycles. The van der Waals surface area contributed by atoms with E-state index in [9.17, 15) is 19.3 Å². The van der Waals surface area contributed by atoms with Gasteiger partial charge in [0, 0.05) is 17.9 Å². The van der Waals surface area contributed by atoms with Crippen molar-refractivity contribution in [3.05, 3.63) is 81.7 Å². The topological polar surface area (TPSA) is 63.4 Å². The van der Waals surface area contributed by atoms with Gasteiger partial charge in [-0.05, 0) is 17.2 Å². The number of piperidine rings is 1. The molecule has 5 nitrogen and oxygen atoms in total. The lowest BCUT2D eigenvalue weighted by atomic mass is 9.84. The lowest BCUT2D eigenvalue weighted by Crippen LogP contribution is -2.49. The summed E-state index contributed by atoms with van der Waals surface area (Å²) in [4.78, 5) is 25.0. The molecule has 0 aliphatic carbocycles. The zero-order chi connectivity index (χ0) is 17.1. The van der Waals surface area contributed by atoms with Crippen LogP contribution in [-0.4, -0.2) is 28.3 Å². The van der Waals surface area contributed by atoms with Gasteiger partial charge in [-0.2, -0.15) is 0 Å². The van der Waals surface area contributed by atoms with E-state index in [0.717, 1.165) is 5.56 Å². The van der Waals surface area contributed by atoms with Crippen molar-refractivity contribution in [3.63, 3.8) is 0 Å². The van der Waals surface area contributed by atoms with Gasteiger partial charge in [-0.3, -0.25) is 14.9 Å². The van der Waals surface area contributed by atoms with E-state index < -0.39 is 22.7 Å². The maximum Gasteiger partial charge on any atom is 0.237 e. The summed E-state index contributed by atoms with van der Waals surface area (Å²) in [6.45, 7) is 0.313. The Labute approximate surface area is 138 Å². The van der Waals surface area contributed by atoms with Crippen LogP contribution < -0.4 is 0 Å². The molecule has 0 spiro atoms. The van der Waals surface area contributed by atoms with Gasteiger partial charge in [0.05, 0.1) is 12.5 Å². The number of nitrogens with zero attached hydrogens (tertiary/aromatic N) is 2. The molecule has 6 heteroatoms. The van der Waals surface area contributed by atoms with Gasteiger partial charge in [0.1, 0.15) is 5.82 Å². The molecule has 0 bridgehead atoms. The van der Waals surface area contributed by atoms with E-state index >= 15 is 0 Å². The highest BCUT2D eigenvalue weighted by molar-refractivity contribution is 5.78. The Morgan fingerprint density at radius 1 is 1.12 bits per heavy atom. The molecule has 1 heterocycles. The predicted molar refractivity (Wildman–Crippen MR) is 86.4 cm³/mol. The Bertz CT molecular complexity index is 751. The molecule has 0 radical (unpaired) electrons. The molecular formula is C18H17FN2O3. The highest BCUT2D eigenvalue weighted by Gasteiger charge is 2.43. The minimum absolute atomic E-state index is 0.0142. The van der Waals surface area contributed by atoms with Crippen LogP contribution in [0.2, 0.25) is 0 Å². The van der Waals surface area contributed by atoms with Crippen LogP contribution in [0, 0.1) is 15.9 Å². The highest BCUT2D eigenvalue weighted by atomic mass is 19.1. The third-order valence-electron chi connectivity index (χ3n) is 4.41. The fraction of sp³-hybridized carbons (Fsp3) is 0.278. The Balaban J connectivity index is 1.84. The van der Waals surface area contributed by atoms with Gasteiger partial charge in [0.25, 0.3) is 0 Å². The SMILES string of the molecule is O=C1C[C@@H](c2ccccc2F)[C@H]([N+](=O)[O-])CN1Cc1ccccc1. The van der Waals surface area contributed by atoms with Crippen molar-refractivity contribution < 1.29 is 14.1 Å². The van der Waals surface area contributed by atoms with Crippen LogP contribution in [0.3, 0.4) is 0 Å². The van der Waals surface area contributed by atoms with Crippen LogP contribution in [0.5, 0.6) is 0 Å². The standard InChI is InChI=1S/C18H17FN2O3/c19-16-9-5-4-8-14(16)15-10-18(22)20(12-17(15)21(23)24)11-13-6-2-1-3-7-13/h1-9,15,17H,10-12H2/t15-,17+/m0/s1. The number of hydrogen-bond acceptors (Lipinski definition) is 3. The number of carbonyl (C=O) groups is 1. The first-order valence-corrected chi connectivity index (χ1v) is 7.76. The van der Waals surface area contributed by atoms with Gasteiger partial charge < -0.3 is 4.90 Å². The van der Waals surface area contributed by atoms with E-state index in [4.69, 9.17) is 0 Å². The largest absolute Gasteiger partial charge is 0.331 e. The molecule has 1 aliphatic heterocycles. The van der Waals surface area contributed by atoms with Crippen molar-refractivity contribution in [2.24, 2.45) is 0 Å². The molecular weight excluding hydrogens is 311 g/mol. The Morgan fingerprint density at radius 3 is 2.46 bits per heavy atom. The Hall–Kier alpha value is -2.76. The summed E-state index contributed by atoms with van der Waals surface area (Å²) >= 11 is 0. The fourth-order valence-corrected chi connectivity index (χ4v) is 3.17. The molecule has 0 saturated carbocycles. The third kappa shape index (κ3) is 3.27. The van der Waals surface area contributed by atoms with Crippen LogP contribution in [0.1, 0.15) is 23.5 Å². The summed E-state index contributed by atoms with van der Waals surface area (Å²) in [5.41, 5.74) is 1.16. The zero-order valence-corrected chi connectivity index (χ0v) is 13.0. The molecule has 3 rings (SSSR count). The van der Waals surface area contributed by atoms with Crippen molar-refractivity contribution in [3.8, 4) is 0 Å². The summed E-state index contributed by atoms with van der Waals surface area (Å²) in [6.07, 6.45) is -0.0561. The van der Waals surface area contributed by atoms with Crippen LogP contribution in [0.25, 0.3) is 0 Å². The van der Waals surface area contributed by atoms with Gasteiger partial charge in [-0.1, -0.05) is 48.5 Å². The maximum absolute atomic E-state index is 14.0. The normalized spacial score (nSPS) is 20.9. The molecule has 1 aliphatic rings. The Morgan fingerprint density at radius 2 is 1.79 bits per heavy atom. The Kier molecular flexibility index (Phi) is 4.55. The number of carbonyl (C=O) groups excluding carboxylic acids is 1. The van der Waals surface area contributed by atoms with Crippen LogP contribution in [-0.2, 0) is 11.3 Å². The number of benzene rings is 2. The first-order valence-electron chi connectivity index (χ1n) is 7.76. The minimum atomic E-state index is -1.01. The molecule has 0 unspecified atom stereocenters. The van der Waals surface area contributed by atoms with Gasteiger partial charge >= 0.3 is 0 Å². The van der Waals surface area contributed by atoms with Crippen molar-refractivity contribution in [1.82, 2.24) is 4.90 Å². The second kappa shape index (κ2) is 6.78. The zero-order valence-electron chi connectivity index (χ0n) is 13.0. The first kappa shape index (κ1) is 16.1. The summed E-state index contributed by atoms with van der Waals surface area (Å²) in [5.74, 6) is -1.43. The maximum atomic E-state index is 14.0. The molecule has 1 fully saturated rings. The molecule has 2 atom stereocenters. The molecule has 124 valence electrons. The van der Waals surface area contributed by atoms with E-state index in [-0.39, 0.29) is 24.4 Å². The average Bonchev–Trinajstić information content (AvgIpc) is 2.57. The molecule has 1 amide bonds. The van der Waals surface area contributed by atoms with Crippen molar-refractivity contribution in [2.75, 3.05) is 6.54 Å². The number of halogens is 1. The van der Waals surface area contributed by atoms with Gasteiger partial charge in [-0.25, -0.2) is 4.39 Å². The van der Waals surface area contributed by atoms with Gasteiger partial charge in [0.2, 0.25) is 11.9 Å². The van der Waals surface area contributed by atoms with Crippen LogP contribution >= 0.6 is 0 Å². The first-order chi connectivity index (χ1) is 11.6. The number of hydrogen-bond donors (Lipinski definition) is 0. The van der Waals surface area contributed by atoms with Gasteiger partial charge in [-0.15, -0.1) is 0 Å². The number of likely N-dealkylation sites (tertiary alicyclic amines) is 1. The number of nitro groups is 1. The highest BCUT2D eigenvalue weighted by Crippen LogP contribution is 2.32. The summed E-state index contributed by atoms with van der Waals surface area (Å²) < 4.78 is 14.0. The second-order valence-electron chi connectivity index (χ2n) is 5.94. The molecule has 2 aromatic rings. The van der Waals surface area contributed by atoms with E-state index in [0.29, 0.717) is 6.54 Å². The lowest BCUT2D eigenvalue weighted by Gasteiger charge is -2.34. The minimum Gasteiger partial charge on any atom is -0.331 e. The number of rotatable bonds is 4. The summed E-state index contributed by atoms with van der Waals surface area (Å²) in [6, 6.07) is 14.3. The van der Waals surface area contributed by atoms with E-state index in [1.54, 1.807) is 6.07 Å².